The van der Waals surface area contributed by atoms with Crippen molar-refractivity contribution < 1.29 is 9.18 Å². The Bertz CT molecular complexity index is 632. The van der Waals surface area contributed by atoms with Crippen LogP contribution in [0.3, 0.4) is 0 Å². The highest BCUT2D eigenvalue weighted by atomic mass is 79.9. The van der Waals surface area contributed by atoms with E-state index in [0.29, 0.717) is 23.2 Å². The number of halogens is 2. The maximum absolute atomic E-state index is 13.5. The second kappa shape index (κ2) is 6.18. The number of rotatable bonds is 3. The van der Waals surface area contributed by atoms with Gasteiger partial charge in [-0.15, -0.1) is 0 Å². The van der Waals surface area contributed by atoms with Crippen LogP contribution in [0.25, 0.3) is 0 Å². The third-order valence-electron chi connectivity index (χ3n) is 3.04. The first-order valence-corrected chi connectivity index (χ1v) is 7.06. The van der Waals surface area contributed by atoms with Crippen LogP contribution in [0.2, 0.25) is 0 Å². The van der Waals surface area contributed by atoms with Crippen molar-refractivity contribution in [2.24, 2.45) is 0 Å². The van der Waals surface area contributed by atoms with Crippen LogP contribution >= 0.6 is 15.9 Å². The number of amides is 1. The number of hydrogen-bond donors (Lipinski definition) is 1. The van der Waals surface area contributed by atoms with E-state index >= 15 is 0 Å². The van der Waals surface area contributed by atoms with E-state index in [4.69, 9.17) is 0 Å². The van der Waals surface area contributed by atoms with Crippen LogP contribution in [0.5, 0.6) is 0 Å². The average Bonchev–Trinajstić information content (AvgIpc) is 2.42. The predicted octanol–water partition coefficient (Wildman–Crippen LogP) is 4.14. The van der Waals surface area contributed by atoms with E-state index in [1.54, 1.807) is 38.1 Å². The highest BCUT2D eigenvalue weighted by Crippen LogP contribution is 2.15. The smallest absolute Gasteiger partial charge is 0.251 e. The second-order valence-electron chi connectivity index (χ2n) is 4.74. The molecule has 0 saturated carbocycles. The Balaban J connectivity index is 2.07. The lowest BCUT2D eigenvalue weighted by molar-refractivity contribution is 0.0951. The van der Waals surface area contributed by atoms with Crippen LogP contribution < -0.4 is 5.32 Å². The number of carbonyl (C=O) groups excluding carboxylic acids is 1. The Hall–Kier alpha value is -1.68. The molecule has 2 nitrogen and oxygen atoms in total. The van der Waals surface area contributed by atoms with Crippen molar-refractivity contribution in [3.05, 3.63) is 68.9 Å². The Labute approximate surface area is 126 Å². The van der Waals surface area contributed by atoms with Gasteiger partial charge in [-0.2, -0.15) is 0 Å². The van der Waals surface area contributed by atoms with E-state index in [9.17, 15) is 9.18 Å². The van der Waals surface area contributed by atoms with Gasteiger partial charge in [-0.3, -0.25) is 4.79 Å². The molecule has 2 aromatic rings. The normalized spacial score (nSPS) is 10.4. The molecule has 4 heteroatoms. The minimum atomic E-state index is -0.188. The quantitative estimate of drug-likeness (QED) is 0.897. The summed E-state index contributed by atoms with van der Waals surface area (Å²) in [6.45, 7) is 3.83. The summed E-state index contributed by atoms with van der Waals surface area (Å²) in [5, 5.41) is 2.83. The molecular weight excluding hydrogens is 321 g/mol. The van der Waals surface area contributed by atoms with Gasteiger partial charge in [-0.1, -0.05) is 34.1 Å². The first kappa shape index (κ1) is 14.7. The maximum atomic E-state index is 13.5. The SMILES string of the molecule is Cc1cc(CNC(=O)c2cccc(Br)c2)cc(C)c1F. The number of benzene rings is 2. The van der Waals surface area contributed by atoms with Crippen molar-refractivity contribution in [3.63, 3.8) is 0 Å². The van der Waals surface area contributed by atoms with E-state index in [-0.39, 0.29) is 11.7 Å². The van der Waals surface area contributed by atoms with Gasteiger partial charge in [-0.25, -0.2) is 4.39 Å². The summed E-state index contributed by atoms with van der Waals surface area (Å²) in [4.78, 5) is 12.0. The van der Waals surface area contributed by atoms with Crippen molar-refractivity contribution in [2.45, 2.75) is 20.4 Å². The van der Waals surface area contributed by atoms with E-state index < -0.39 is 0 Å². The third kappa shape index (κ3) is 3.45. The summed E-state index contributed by atoms with van der Waals surface area (Å²) in [6, 6.07) is 10.7. The number of nitrogens with one attached hydrogen (secondary N) is 1. The van der Waals surface area contributed by atoms with Gasteiger partial charge in [0.15, 0.2) is 0 Å². The zero-order chi connectivity index (χ0) is 14.7. The molecule has 0 spiro atoms. The lowest BCUT2D eigenvalue weighted by Gasteiger charge is -2.09. The zero-order valence-electron chi connectivity index (χ0n) is 11.3. The van der Waals surface area contributed by atoms with Gasteiger partial charge in [0, 0.05) is 16.6 Å². The molecule has 20 heavy (non-hydrogen) atoms. The average molecular weight is 336 g/mol. The molecule has 1 amide bonds. The molecule has 2 rings (SSSR count). The molecule has 0 unspecified atom stereocenters. The standard InChI is InChI=1S/C16H15BrFNO/c1-10-6-12(7-11(2)15(10)18)9-19-16(20)13-4-3-5-14(17)8-13/h3-8H,9H2,1-2H3,(H,19,20). The maximum Gasteiger partial charge on any atom is 0.251 e. The molecule has 0 aliphatic heterocycles. The number of carbonyl (C=O) groups is 1. The van der Waals surface area contributed by atoms with Gasteiger partial charge in [0.2, 0.25) is 0 Å². The molecule has 0 aliphatic rings. The molecular formula is C16H15BrFNO. The highest BCUT2D eigenvalue weighted by molar-refractivity contribution is 9.10. The van der Waals surface area contributed by atoms with E-state index in [1.807, 2.05) is 12.1 Å². The minimum Gasteiger partial charge on any atom is -0.348 e. The molecule has 0 aliphatic carbocycles. The predicted molar refractivity (Wildman–Crippen MR) is 81.2 cm³/mol. The van der Waals surface area contributed by atoms with Crippen LogP contribution in [-0.2, 0) is 6.54 Å². The summed E-state index contributed by atoms with van der Waals surface area (Å²) >= 11 is 3.33. The summed E-state index contributed by atoms with van der Waals surface area (Å²) in [7, 11) is 0. The first-order valence-electron chi connectivity index (χ1n) is 6.27. The Kier molecular flexibility index (Phi) is 4.55. The fourth-order valence-corrected chi connectivity index (χ4v) is 2.45. The van der Waals surface area contributed by atoms with E-state index in [1.165, 1.54) is 0 Å². The summed E-state index contributed by atoms with van der Waals surface area (Å²) in [6.07, 6.45) is 0. The molecule has 2 aromatic carbocycles. The molecule has 0 heterocycles. The van der Waals surface area contributed by atoms with Crippen LogP contribution in [0.1, 0.15) is 27.0 Å². The minimum absolute atomic E-state index is 0.147. The van der Waals surface area contributed by atoms with E-state index in [0.717, 1.165) is 10.0 Å². The van der Waals surface area contributed by atoms with Crippen molar-refractivity contribution in [3.8, 4) is 0 Å². The van der Waals surface area contributed by atoms with Gasteiger partial charge in [0.25, 0.3) is 5.91 Å². The molecule has 0 atom stereocenters. The van der Waals surface area contributed by atoms with Gasteiger partial charge >= 0.3 is 0 Å². The van der Waals surface area contributed by atoms with Gasteiger partial charge in [0.1, 0.15) is 5.82 Å². The van der Waals surface area contributed by atoms with Crippen LogP contribution in [0, 0.1) is 19.7 Å². The van der Waals surface area contributed by atoms with E-state index in [2.05, 4.69) is 21.2 Å². The number of hydrogen-bond acceptors (Lipinski definition) is 1. The summed E-state index contributed by atoms with van der Waals surface area (Å²) in [5.41, 5.74) is 2.67. The molecule has 0 radical (unpaired) electrons. The fourth-order valence-electron chi connectivity index (χ4n) is 2.05. The lowest BCUT2D eigenvalue weighted by Crippen LogP contribution is -2.22. The second-order valence-corrected chi connectivity index (χ2v) is 5.65. The Morgan fingerprint density at radius 1 is 1.20 bits per heavy atom. The van der Waals surface area contributed by atoms with Crippen molar-refractivity contribution >= 4 is 21.8 Å². The molecule has 0 fully saturated rings. The molecule has 0 bridgehead atoms. The largest absolute Gasteiger partial charge is 0.348 e. The van der Waals surface area contributed by atoms with Crippen LogP contribution in [0.4, 0.5) is 4.39 Å². The zero-order valence-corrected chi connectivity index (χ0v) is 12.9. The highest BCUT2D eigenvalue weighted by Gasteiger charge is 2.08. The topological polar surface area (TPSA) is 29.1 Å². The Morgan fingerprint density at radius 3 is 2.45 bits per heavy atom. The molecule has 1 N–H and O–H groups in total. The van der Waals surface area contributed by atoms with Gasteiger partial charge in [0.05, 0.1) is 0 Å². The summed E-state index contributed by atoms with van der Waals surface area (Å²) < 4.78 is 14.4. The van der Waals surface area contributed by atoms with Crippen molar-refractivity contribution in [1.29, 1.82) is 0 Å². The number of aryl methyl sites for hydroxylation is 2. The van der Waals surface area contributed by atoms with Crippen LogP contribution in [-0.4, -0.2) is 5.91 Å². The van der Waals surface area contributed by atoms with Crippen molar-refractivity contribution in [2.75, 3.05) is 0 Å². The molecule has 0 saturated heterocycles. The molecule has 0 aromatic heterocycles. The van der Waals surface area contributed by atoms with Crippen LogP contribution in [0.15, 0.2) is 40.9 Å². The lowest BCUT2D eigenvalue weighted by atomic mass is 10.1. The van der Waals surface area contributed by atoms with Gasteiger partial charge < -0.3 is 5.32 Å². The van der Waals surface area contributed by atoms with Gasteiger partial charge in [-0.05, 0) is 48.7 Å². The third-order valence-corrected chi connectivity index (χ3v) is 3.53. The Morgan fingerprint density at radius 2 is 1.85 bits per heavy atom. The first-order chi connectivity index (χ1) is 9.47. The fraction of sp³-hybridized carbons (Fsp3) is 0.188. The monoisotopic (exact) mass is 335 g/mol. The molecule has 104 valence electrons. The van der Waals surface area contributed by atoms with Crippen molar-refractivity contribution in [1.82, 2.24) is 5.32 Å². The summed E-state index contributed by atoms with van der Waals surface area (Å²) in [5.74, 6) is -0.335.